The standard InChI is InChI=1S/C18H20N4O2/c23-16-14(13-3-8-19-9-4-13)12-18(21-16)5-10-22(11-6-18)17(24)15-2-1-7-20-15/h1-4,7-9,14,20H,5-6,10-12H2,(H,21,23)/t14-/m1/s1. The van der Waals surface area contributed by atoms with Gasteiger partial charge in [0.25, 0.3) is 5.91 Å². The van der Waals surface area contributed by atoms with Gasteiger partial charge in [0.1, 0.15) is 5.69 Å². The normalized spacial score (nSPS) is 22.6. The highest BCUT2D eigenvalue weighted by Gasteiger charge is 2.46. The van der Waals surface area contributed by atoms with Crippen molar-refractivity contribution in [3.05, 3.63) is 54.1 Å². The molecule has 0 bridgehead atoms. The van der Waals surface area contributed by atoms with E-state index in [0.717, 1.165) is 24.8 Å². The molecule has 4 heterocycles. The van der Waals surface area contributed by atoms with Crippen LogP contribution in [0.2, 0.25) is 0 Å². The van der Waals surface area contributed by atoms with Crippen LogP contribution < -0.4 is 5.32 Å². The Morgan fingerprint density at radius 3 is 2.62 bits per heavy atom. The molecule has 2 aromatic rings. The number of rotatable bonds is 2. The highest BCUT2D eigenvalue weighted by Crippen LogP contribution is 2.39. The van der Waals surface area contributed by atoms with Crippen LogP contribution in [0.3, 0.4) is 0 Å². The third-order valence-electron chi connectivity index (χ3n) is 5.24. The fourth-order valence-corrected chi connectivity index (χ4v) is 3.85. The summed E-state index contributed by atoms with van der Waals surface area (Å²) in [6, 6.07) is 7.44. The van der Waals surface area contributed by atoms with Gasteiger partial charge >= 0.3 is 0 Å². The first-order valence-corrected chi connectivity index (χ1v) is 8.32. The van der Waals surface area contributed by atoms with Crippen molar-refractivity contribution >= 4 is 11.8 Å². The van der Waals surface area contributed by atoms with Crippen LogP contribution in [0.5, 0.6) is 0 Å². The quantitative estimate of drug-likeness (QED) is 0.882. The van der Waals surface area contributed by atoms with Crippen LogP contribution in [0.25, 0.3) is 0 Å². The first-order valence-electron chi connectivity index (χ1n) is 8.32. The van der Waals surface area contributed by atoms with Crippen LogP contribution in [0, 0.1) is 0 Å². The Morgan fingerprint density at radius 1 is 1.21 bits per heavy atom. The SMILES string of the molecule is O=C1NC2(CCN(C(=O)c3ccc[nH]3)CC2)C[C@@H]1c1ccncc1. The maximum Gasteiger partial charge on any atom is 0.270 e. The van der Waals surface area contributed by atoms with Gasteiger partial charge in [-0.25, -0.2) is 0 Å². The van der Waals surface area contributed by atoms with Crippen LogP contribution in [-0.4, -0.2) is 45.3 Å². The van der Waals surface area contributed by atoms with E-state index >= 15 is 0 Å². The van der Waals surface area contributed by atoms with Crippen LogP contribution in [0.15, 0.2) is 42.9 Å². The zero-order valence-corrected chi connectivity index (χ0v) is 13.4. The van der Waals surface area contributed by atoms with E-state index < -0.39 is 0 Å². The zero-order chi connectivity index (χ0) is 16.6. The molecule has 1 atom stereocenters. The molecule has 0 unspecified atom stereocenters. The molecule has 0 aliphatic carbocycles. The van der Waals surface area contributed by atoms with Crippen molar-refractivity contribution in [3.63, 3.8) is 0 Å². The van der Waals surface area contributed by atoms with Gasteiger partial charge in [0.2, 0.25) is 5.91 Å². The summed E-state index contributed by atoms with van der Waals surface area (Å²) in [6.45, 7) is 1.34. The molecule has 6 nitrogen and oxygen atoms in total. The van der Waals surface area contributed by atoms with E-state index in [9.17, 15) is 9.59 Å². The van der Waals surface area contributed by atoms with Crippen molar-refractivity contribution in [2.45, 2.75) is 30.7 Å². The Kier molecular flexibility index (Phi) is 3.59. The first-order chi connectivity index (χ1) is 11.7. The van der Waals surface area contributed by atoms with Crippen molar-refractivity contribution in [2.75, 3.05) is 13.1 Å². The molecule has 24 heavy (non-hydrogen) atoms. The lowest BCUT2D eigenvalue weighted by Crippen LogP contribution is -2.52. The summed E-state index contributed by atoms with van der Waals surface area (Å²) in [7, 11) is 0. The summed E-state index contributed by atoms with van der Waals surface area (Å²) < 4.78 is 0. The molecule has 4 rings (SSSR count). The Bertz CT molecular complexity index is 734. The lowest BCUT2D eigenvalue weighted by molar-refractivity contribution is -0.121. The second-order valence-electron chi connectivity index (χ2n) is 6.68. The van der Waals surface area contributed by atoms with Crippen LogP contribution in [-0.2, 0) is 4.79 Å². The van der Waals surface area contributed by atoms with Gasteiger partial charge in [-0.2, -0.15) is 0 Å². The van der Waals surface area contributed by atoms with Gasteiger partial charge in [-0.15, -0.1) is 0 Å². The number of pyridine rings is 1. The highest BCUT2D eigenvalue weighted by molar-refractivity contribution is 5.92. The summed E-state index contributed by atoms with van der Waals surface area (Å²) >= 11 is 0. The lowest BCUT2D eigenvalue weighted by Gasteiger charge is -2.39. The maximum atomic E-state index is 12.4. The van der Waals surface area contributed by atoms with E-state index in [0.29, 0.717) is 18.8 Å². The van der Waals surface area contributed by atoms with Gasteiger partial charge in [-0.1, -0.05) is 0 Å². The molecule has 0 aromatic carbocycles. The largest absolute Gasteiger partial charge is 0.357 e. The number of carbonyl (C=O) groups excluding carboxylic acids is 2. The molecule has 0 saturated carbocycles. The topological polar surface area (TPSA) is 78.1 Å². The molecular weight excluding hydrogens is 304 g/mol. The predicted octanol–water partition coefficient (Wildman–Crippen LogP) is 1.69. The van der Waals surface area contributed by atoms with E-state index in [4.69, 9.17) is 0 Å². The van der Waals surface area contributed by atoms with Crippen molar-refractivity contribution in [1.29, 1.82) is 0 Å². The molecule has 2 aliphatic rings. The molecule has 0 radical (unpaired) electrons. The van der Waals surface area contributed by atoms with Crippen LogP contribution in [0.1, 0.15) is 41.2 Å². The van der Waals surface area contributed by atoms with E-state index in [-0.39, 0.29) is 23.3 Å². The molecule has 2 N–H and O–H groups in total. The van der Waals surface area contributed by atoms with Gasteiger partial charge in [-0.05, 0) is 49.1 Å². The molecule has 124 valence electrons. The van der Waals surface area contributed by atoms with Gasteiger partial charge in [-0.3, -0.25) is 14.6 Å². The fourth-order valence-electron chi connectivity index (χ4n) is 3.85. The third-order valence-corrected chi connectivity index (χ3v) is 5.24. The molecule has 2 saturated heterocycles. The average Bonchev–Trinajstić information content (AvgIpc) is 3.25. The second-order valence-corrected chi connectivity index (χ2v) is 6.68. The summed E-state index contributed by atoms with van der Waals surface area (Å²) in [6.07, 6.45) is 7.60. The Hall–Kier alpha value is -2.63. The summed E-state index contributed by atoms with van der Waals surface area (Å²) in [4.78, 5) is 33.7. The monoisotopic (exact) mass is 324 g/mol. The van der Waals surface area contributed by atoms with Crippen molar-refractivity contribution in [1.82, 2.24) is 20.2 Å². The van der Waals surface area contributed by atoms with Crippen molar-refractivity contribution < 1.29 is 9.59 Å². The number of nitrogens with one attached hydrogen (secondary N) is 2. The van der Waals surface area contributed by atoms with Crippen molar-refractivity contribution in [3.8, 4) is 0 Å². The van der Waals surface area contributed by atoms with E-state index in [1.165, 1.54) is 0 Å². The number of aromatic nitrogens is 2. The Morgan fingerprint density at radius 2 is 1.96 bits per heavy atom. The number of hydrogen-bond acceptors (Lipinski definition) is 3. The minimum Gasteiger partial charge on any atom is -0.357 e. The van der Waals surface area contributed by atoms with Gasteiger partial charge < -0.3 is 15.2 Å². The van der Waals surface area contributed by atoms with Gasteiger partial charge in [0.15, 0.2) is 0 Å². The number of hydrogen-bond donors (Lipinski definition) is 2. The Labute approximate surface area is 140 Å². The van der Waals surface area contributed by atoms with Gasteiger partial charge in [0, 0.05) is 37.2 Å². The number of H-pyrrole nitrogens is 1. The van der Waals surface area contributed by atoms with Crippen molar-refractivity contribution in [2.24, 2.45) is 0 Å². The molecule has 2 aromatic heterocycles. The minimum atomic E-state index is -0.183. The number of aromatic amines is 1. The highest BCUT2D eigenvalue weighted by atomic mass is 16.2. The molecule has 6 heteroatoms. The third kappa shape index (κ3) is 2.58. The maximum absolute atomic E-state index is 12.4. The first kappa shape index (κ1) is 14.9. The molecule has 1 spiro atoms. The zero-order valence-electron chi connectivity index (χ0n) is 13.4. The molecule has 2 fully saturated rings. The lowest BCUT2D eigenvalue weighted by atomic mass is 9.82. The number of likely N-dealkylation sites (tertiary alicyclic amines) is 1. The Balaban J connectivity index is 1.44. The number of nitrogens with zero attached hydrogens (tertiary/aromatic N) is 2. The summed E-state index contributed by atoms with van der Waals surface area (Å²) in [5, 5.41) is 3.21. The smallest absolute Gasteiger partial charge is 0.270 e. The van der Waals surface area contributed by atoms with Crippen LogP contribution >= 0.6 is 0 Å². The molecular formula is C18H20N4O2. The summed E-state index contributed by atoms with van der Waals surface area (Å²) in [5.41, 5.74) is 1.46. The second kappa shape index (κ2) is 5.78. The summed E-state index contributed by atoms with van der Waals surface area (Å²) in [5.74, 6) is 0.00820. The number of amides is 2. The average molecular weight is 324 g/mol. The van der Waals surface area contributed by atoms with E-state index in [2.05, 4.69) is 15.3 Å². The minimum absolute atomic E-state index is 0.0323. The molecule has 2 amide bonds. The van der Waals surface area contributed by atoms with E-state index in [1.807, 2.05) is 23.1 Å². The van der Waals surface area contributed by atoms with E-state index in [1.54, 1.807) is 24.7 Å². The molecule has 2 aliphatic heterocycles. The van der Waals surface area contributed by atoms with Crippen LogP contribution in [0.4, 0.5) is 0 Å². The van der Waals surface area contributed by atoms with Gasteiger partial charge in [0.05, 0.1) is 5.92 Å². The number of piperidine rings is 1. The predicted molar refractivity (Wildman–Crippen MR) is 88.4 cm³/mol. The fraction of sp³-hybridized carbons (Fsp3) is 0.389. The number of carbonyl (C=O) groups is 2.